The van der Waals surface area contributed by atoms with Crippen LogP contribution in [0.1, 0.15) is 0 Å². The number of nitrogens with zero attached hydrogens (tertiary/aromatic N) is 1. The van der Waals surface area contributed by atoms with Crippen molar-refractivity contribution >= 4 is 16.7 Å². The number of nitro benzene ring substituents is 1. The van der Waals surface area contributed by atoms with E-state index in [9.17, 15) is 10.1 Å². The van der Waals surface area contributed by atoms with Crippen molar-refractivity contribution in [1.29, 1.82) is 0 Å². The lowest BCUT2D eigenvalue weighted by atomic mass is 10.0. The fourth-order valence-corrected chi connectivity index (χ4v) is 2.38. The standard InChI is InChI=1S/C16H13NO5/c1-20-12-7-14(21-2)16-13(9-22-15(16)8-12)10-4-3-5-11(6-10)17(18)19/h3-9H,1-2H3. The van der Waals surface area contributed by atoms with Gasteiger partial charge in [-0.3, -0.25) is 10.1 Å². The maximum Gasteiger partial charge on any atom is 0.270 e. The Labute approximate surface area is 126 Å². The van der Waals surface area contributed by atoms with E-state index in [-0.39, 0.29) is 5.69 Å². The van der Waals surface area contributed by atoms with E-state index in [0.29, 0.717) is 22.6 Å². The quantitative estimate of drug-likeness (QED) is 0.537. The topological polar surface area (TPSA) is 74.7 Å². The molecule has 112 valence electrons. The minimum absolute atomic E-state index is 0.0272. The Bertz CT molecular complexity index is 853. The maximum atomic E-state index is 10.9. The summed E-state index contributed by atoms with van der Waals surface area (Å²) in [5.41, 5.74) is 2.05. The second kappa shape index (κ2) is 5.40. The van der Waals surface area contributed by atoms with Crippen LogP contribution in [0.4, 0.5) is 5.69 Å². The first kappa shape index (κ1) is 13.9. The van der Waals surface area contributed by atoms with Crippen LogP contribution in [0, 0.1) is 10.1 Å². The predicted octanol–water partition coefficient (Wildman–Crippen LogP) is 4.03. The predicted molar refractivity (Wildman–Crippen MR) is 81.4 cm³/mol. The van der Waals surface area contributed by atoms with Gasteiger partial charge in [-0.25, -0.2) is 0 Å². The van der Waals surface area contributed by atoms with Crippen LogP contribution in [-0.4, -0.2) is 19.1 Å². The summed E-state index contributed by atoms with van der Waals surface area (Å²) in [5.74, 6) is 1.20. The van der Waals surface area contributed by atoms with Crippen molar-refractivity contribution < 1.29 is 18.8 Å². The van der Waals surface area contributed by atoms with Crippen LogP contribution in [-0.2, 0) is 0 Å². The van der Waals surface area contributed by atoms with E-state index in [1.165, 1.54) is 12.1 Å². The van der Waals surface area contributed by atoms with Crippen LogP contribution in [0.5, 0.6) is 11.5 Å². The van der Waals surface area contributed by atoms with Crippen molar-refractivity contribution in [3.8, 4) is 22.6 Å². The Balaban J connectivity index is 2.23. The van der Waals surface area contributed by atoms with Gasteiger partial charge < -0.3 is 13.9 Å². The smallest absolute Gasteiger partial charge is 0.270 e. The number of ether oxygens (including phenoxy) is 2. The molecule has 1 aromatic heterocycles. The monoisotopic (exact) mass is 299 g/mol. The van der Waals surface area contributed by atoms with Gasteiger partial charge in [0.25, 0.3) is 5.69 Å². The number of methoxy groups -OCH3 is 2. The molecule has 0 atom stereocenters. The number of benzene rings is 2. The Kier molecular flexibility index (Phi) is 3.42. The highest BCUT2D eigenvalue weighted by Gasteiger charge is 2.16. The highest BCUT2D eigenvalue weighted by Crippen LogP contribution is 2.40. The average molecular weight is 299 g/mol. The molecule has 0 bridgehead atoms. The van der Waals surface area contributed by atoms with Gasteiger partial charge in [0.05, 0.1) is 30.8 Å². The molecule has 3 rings (SSSR count). The zero-order chi connectivity index (χ0) is 15.7. The molecule has 0 fully saturated rings. The van der Waals surface area contributed by atoms with Crippen LogP contribution in [0.25, 0.3) is 22.1 Å². The minimum atomic E-state index is -0.425. The van der Waals surface area contributed by atoms with Crippen molar-refractivity contribution in [2.75, 3.05) is 14.2 Å². The Morgan fingerprint density at radius 2 is 1.95 bits per heavy atom. The van der Waals surface area contributed by atoms with Gasteiger partial charge in [0.2, 0.25) is 0 Å². The molecule has 0 aliphatic heterocycles. The molecule has 0 aliphatic rings. The van der Waals surface area contributed by atoms with Crippen molar-refractivity contribution in [3.63, 3.8) is 0 Å². The molecule has 1 heterocycles. The Hall–Kier alpha value is -3.02. The first-order valence-corrected chi connectivity index (χ1v) is 6.52. The number of fused-ring (bicyclic) bond motifs is 1. The molecule has 3 aromatic rings. The normalized spacial score (nSPS) is 10.6. The molecule has 6 nitrogen and oxygen atoms in total. The summed E-state index contributed by atoms with van der Waals surface area (Å²) in [6.45, 7) is 0. The lowest BCUT2D eigenvalue weighted by molar-refractivity contribution is -0.384. The fraction of sp³-hybridized carbons (Fsp3) is 0.125. The number of furan rings is 1. The van der Waals surface area contributed by atoms with E-state index in [4.69, 9.17) is 13.9 Å². The van der Waals surface area contributed by atoms with Crippen molar-refractivity contribution in [3.05, 3.63) is 52.8 Å². The summed E-state index contributed by atoms with van der Waals surface area (Å²) in [6, 6.07) is 9.89. The maximum absolute atomic E-state index is 10.9. The molecule has 0 saturated heterocycles. The van der Waals surface area contributed by atoms with Crippen LogP contribution >= 0.6 is 0 Å². The zero-order valence-electron chi connectivity index (χ0n) is 12.0. The largest absolute Gasteiger partial charge is 0.496 e. The Morgan fingerprint density at radius 1 is 1.14 bits per heavy atom. The first-order chi connectivity index (χ1) is 10.6. The second-order valence-electron chi connectivity index (χ2n) is 4.66. The molecule has 6 heteroatoms. The molecule has 22 heavy (non-hydrogen) atoms. The van der Waals surface area contributed by atoms with Crippen LogP contribution < -0.4 is 9.47 Å². The van der Waals surface area contributed by atoms with Crippen LogP contribution in [0.2, 0.25) is 0 Å². The fourth-order valence-electron chi connectivity index (χ4n) is 2.38. The third kappa shape index (κ3) is 2.24. The lowest BCUT2D eigenvalue weighted by Crippen LogP contribution is -1.90. The highest BCUT2D eigenvalue weighted by molar-refractivity contribution is 5.99. The number of hydrogen-bond acceptors (Lipinski definition) is 5. The van der Waals surface area contributed by atoms with Gasteiger partial charge in [-0.1, -0.05) is 12.1 Å². The van der Waals surface area contributed by atoms with Gasteiger partial charge in [0.15, 0.2) is 0 Å². The number of hydrogen-bond donors (Lipinski definition) is 0. The number of rotatable bonds is 4. The molecule has 0 amide bonds. The zero-order valence-corrected chi connectivity index (χ0v) is 12.0. The SMILES string of the molecule is COc1cc(OC)c2c(-c3cccc([N+](=O)[O-])c3)coc2c1. The van der Waals surface area contributed by atoms with Gasteiger partial charge in [0, 0.05) is 29.8 Å². The molecule has 0 spiro atoms. The molecule has 2 aromatic carbocycles. The van der Waals surface area contributed by atoms with Crippen LogP contribution in [0.3, 0.4) is 0 Å². The molecule has 0 aliphatic carbocycles. The first-order valence-electron chi connectivity index (χ1n) is 6.52. The van der Waals surface area contributed by atoms with E-state index in [1.54, 1.807) is 44.7 Å². The van der Waals surface area contributed by atoms with Gasteiger partial charge >= 0.3 is 0 Å². The van der Waals surface area contributed by atoms with Crippen molar-refractivity contribution in [2.45, 2.75) is 0 Å². The van der Waals surface area contributed by atoms with Crippen molar-refractivity contribution in [1.82, 2.24) is 0 Å². The molecule has 0 saturated carbocycles. The van der Waals surface area contributed by atoms with Gasteiger partial charge in [-0.05, 0) is 5.56 Å². The molecule has 0 radical (unpaired) electrons. The van der Waals surface area contributed by atoms with E-state index in [2.05, 4.69) is 0 Å². The summed E-state index contributed by atoms with van der Waals surface area (Å²) in [5, 5.41) is 11.7. The average Bonchev–Trinajstić information content (AvgIpc) is 2.97. The molecular formula is C16H13NO5. The summed E-state index contributed by atoms with van der Waals surface area (Å²) < 4.78 is 16.2. The second-order valence-corrected chi connectivity index (χ2v) is 4.66. The Morgan fingerprint density at radius 3 is 2.64 bits per heavy atom. The summed E-state index contributed by atoms with van der Waals surface area (Å²) in [4.78, 5) is 10.5. The van der Waals surface area contributed by atoms with E-state index < -0.39 is 4.92 Å². The number of non-ortho nitro benzene ring substituents is 1. The van der Waals surface area contributed by atoms with Crippen molar-refractivity contribution in [2.24, 2.45) is 0 Å². The summed E-state index contributed by atoms with van der Waals surface area (Å²) in [7, 11) is 3.11. The van der Waals surface area contributed by atoms with E-state index in [0.717, 1.165) is 10.9 Å². The van der Waals surface area contributed by atoms with E-state index in [1.807, 2.05) is 0 Å². The molecular weight excluding hydrogens is 286 g/mol. The summed E-state index contributed by atoms with van der Waals surface area (Å²) >= 11 is 0. The van der Waals surface area contributed by atoms with Crippen LogP contribution in [0.15, 0.2) is 47.1 Å². The highest BCUT2D eigenvalue weighted by atomic mass is 16.6. The third-order valence-corrected chi connectivity index (χ3v) is 3.44. The lowest BCUT2D eigenvalue weighted by Gasteiger charge is -2.07. The third-order valence-electron chi connectivity index (χ3n) is 3.44. The van der Waals surface area contributed by atoms with E-state index >= 15 is 0 Å². The number of nitro groups is 1. The summed E-state index contributed by atoms with van der Waals surface area (Å²) in [6.07, 6.45) is 1.56. The van der Waals surface area contributed by atoms with Gasteiger partial charge in [-0.2, -0.15) is 0 Å². The molecule has 0 unspecified atom stereocenters. The van der Waals surface area contributed by atoms with Gasteiger partial charge in [-0.15, -0.1) is 0 Å². The van der Waals surface area contributed by atoms with Gasteiger partial charge in [0.1, 0.15) is 17.1 Å². The minimum Gasteiger partial charge on any atom is -0.496 e. The molecule has 0 N–H and O–H groups in total.